The van der Waals surface area contributed by atoms with Gasteiger partial charge in [0.25, 0.3) is 0 Å². The van der Waals surface area contributed by atoms with Gasteiger partial charge in [-0.15, -0.1) is 0 Å². The van der Waals surface area contributed by atoms with E-state index >= 15 is 0 Å². The van der Waals surface area contributed by atoms with E-state index in [1.807, 2.05) is 44.2 Å². The molecule has 0 saturated carbocycles. The van der Waals surface area contributed by atoms with E-state index in [1.165, 1.54) is 0 Å². The number of carbonyl (C=O) groups is 1. The van der Waals surface area contributed by atoms with Gasteiger partial charge in [-0.1, -0.05) is 49.3 Å². The van der Waals surface area contributed by atoms with Gasteiger partial charge >= 0.3 is 0 Å². The van der Waals surface area contributed by atoms with Crippen molar-refractivity contribution < 1.29 is 9.32 Å². The van der Waals surface area contributed by atoms with Crippen molar-refractivity contribution in [3.8, 4) is 0 Å². The van der Waals surface area contributed by atoms with Crippen molar-refractivity contribution in [3.63, 3.8) is 0 Å². The van der Waals surface area contributed by atoms with Gasteiger partial charge in [0, 0.05) is 18.4 Å². The number of piperidine rings is 1. The fourth-order valence-electron chi connectivity index (χ4n) is 3.04. The van der Waals surface area contributed by atoms with E-state index in [0.717, 1.165) is 37.3 Å². The highest BCUT2D eigenvalue weighted by atomic mass is 16.5. The molecule has 0 bridgehead atoms. The quantitative estimate of drug-likeness (QED) is 0.874. The van der Waals surface area contributed by atoms with Crippen molar-refractivity contribution in [2.24, 2.45) is 5.92 Å². The Morgan fingerprint density at radius 1 is 1.28 bits per heavy atom. The maximum atomic E-state index is 12.3. The third kappa shape index (κ3) is 4.89. The van der Waals surface area contributed by atoms with Gasteiger partial charge in [0.05, 0.1) is 6.54 Å². The lowest BCUT2D eigenvalue weighted by Gasteiger charge is -2.30. The number of likely N-dealkylation sites (tertiary alicyclic amines) is 1. The van der Waals surface area contributed by atoms with Gasteiger partial charge in [-0.3, -0.25) is 9.69 Å². The summed E-state index contributed by atoms with van der Waals surface area (Å²) in [5.41, 5.74) is 1.13. The van der Waals surface area contributed by atoms with Crippen LogP contribution in [0.2, 0.25) is 0 Å². The molecule has 6 nitrogen and oxygen atoms in total. The predicted octanol–water partition coefficient (Wildman–Crippen LogP) is 2.72. The molecule has 1 saturated heterocycles. The van der Waals surface area contributed by atoms with Crippen LogP contribution in [0, 0.1) is 5.92 Å². The van der Waals surface area contributed by atoms with E-state index in [2.05, 4.69) is 20.4 Å². The van der Waals surface area contributed by atoms with Crippen molar-refractivity contribution in [3.05, 3.63) is 47.6 Å². The molecule has 1 amide bonds. The van der Waals surface area contributed by atoms with Crippen LogP contribution in [0.4, 0.5) is 0 Å². The van der Waals surface area contributed by atoms with Gasteiger partial charge in [0.2, 0.25) is 11.8 Å². The van der Waals surface area contributed by atoms with Crippen molar-refractivity contribution in [2.45, 2.75) is 45.7 Å². The molecule has 1 aliphatic heterocycles. The molecular formula is C19H26N4O2. The van der Waals surface area contributed by atoms with E-state index in [-0.39, 0.29) is 17.7 Å². The van der Waals surface area contributed by atoms with Gasteiger partial charge in [-0.2, -0.15) is 4.98 Å². The van der Waals surface area contributed by atoms with Crippen LogP contribution in [0.15, 0.2) is 34.9 Å². The second-order valence-electron chi connectivity index (χ2n) is 6.95. The van der Waals surface area contributed by atoms with Crippen LogP contribution >= 0.6 is 0 Å². The SMILES string of the molecule is CC(C)c1noc(CN2CCC(C(=O)NCc3ccccc3)CC2)n1. The smallest absolute Gasteiger partial charge is 0.240 e. The number of amides is 1. The largest absolute Gasteiger partial charge is 0.352 e. The number of aromatic nitrogens is 2. The molecule has 1 aliphatic rings. The first-order valence-electron chi connectivity index (χ1n) is 8.98. The topological polar surface area (TPSA) is 71.3 Å². The van der Waals surface area contributed by atoms with Crippen LogP contribution in [0.25, 0.3) is 0 Å². The molecule has 1 aromatic carbocycles. The molecular weight excluding hydrogens is 316 g/mol. The summed E-state index contributed by atoms with van der Waals surface area (Å²) in [5, 5.41) is 7.05. The molecule has 1 N–H and O–H groups in total. The molecule has 25 heavy (non-hydrogen) atoms. The third-order valence-corrected chi connectivity index (χ3v) is 4.63. The molecule has 0 aliphatic carbocycles. The minimum atomic E-state index is 0.0915. The Bertz CT molecular complexity index is 676. The maximum Gasteiger partial charge on any atom is 0.240 e. The van der Waals surface area contributed by atoms with Crippen LogP contribution in [0.5, 0.6) is 0 Å². The van der Waals surface area contributed by atoms with Gasteiger partial charge < -0.3 is 9.84 Å². The van der Waals surface area contributed by atoms with Crippen LogP contribution in [-0.4, -0.2) is 34.0 Å². The molecule has 1 aromatic heterocycles. The van der Waals surface area contributed by atoms with Gasteiger partial charge in [-0.05, 0) is 31.5 Å². The average Bonchev–Trinajstić information content (AvgIpc) is 3.10. The maximum absolute atomic E-state index is 12.3. The Labute approximate surface area is 148 Å². The molecule has 3 rings (SSSR count). The zero-order valence-electron chi connectivity index (χ0n) is 14.9. The molecule has 2 heterocycles. The minimum Gasteiger partial charge on any atom is -0.352 e. The molecule has 0 radical (unpaired) electrons. The van der Waals surface area contributed by atoms with E-state index in [1.54, 1.807) is 0 Å². The van der Waals surface area contributed by atoms with E-state index in [0.29, 0.717) is 19.0 Å². The molecule has 0 spiro atoms. The summed E-state index contributed by atoms with van der Waals surface area (Å²) in [6.45, 7) is 7.12. The first-order valence-corrected chi connectivity index (χ1v) is 8.98. The summed E-state index contributed by atoms with van der Waals surface area (Å²) in [6, 6.07) is 10.0. The number of rotatable bonds is 6. The number of hydrogen-bond donors (Lipinski definition) is 1. The molecule has 1 fully saturated rings. The molecule has 0 atom stereocenters. The number of nitrogens with one attached hydrogen (secondary N) is 1. The van der Waals surface area contributed by atoms with E-state index in [4.69, 9.17) is 4.52 Å². The lowest BCUT2D eigenvalue weighted by molar-refractivity contribution is -0.126. The Morgan fingerprint density at radius 2 is 2.00 bits per heavy atom. The number of benzene rings is 1. The highest BCUT2D eigenvalue weighted by molar-refractivity contribution is 5.78. The zero-order chi connectivity index (χ0) is 17.6. The number of nitrogens with zero attached hydrogens (tertiary/aromatic N) is 3. The summed E-state index contributed by atoms with van der Waals surface area (Å²) < 4.78 is 5.31. The van der Waals surface area contributed by atoms with Crippen molar-refractivity contribution >= 4 is 5.91 Å². The summed E-state index contributed by atoms with van der Waals surface area (Å²) in [4.78, 5) is 19.0. The van der Waals surface area contributed by atoms with Gasteiger partial charge in [-0.25, -0.2) is 0 Å². The lowest BCUT2D eigenvalue weighted by atomic mass is 9.96. The Balaban J connectivity index is 1.42. The second kappa shape index (κ2) is 8.25. The highest BCUT2D eigenvalue weighted by Crippen LogP contribution is 2.19. The van der Waals surface area contributed by atoms with Crippen molar-refractivity contribution in [1.82, 2.24) is 20.4 Å². The first-order chi connectivity index (χ1) is 12.1. The summed E-state index contributed by atoms with van der Waals surface area (Å²) in [7, 11) is 0. The van der Waals surface area contributed by atoms with Crippen LogP contribution in [0.1, 0.15) is 49.9 Å². The van der Waals surface area contributed by atoms with Gasteiger partial charge in [0.1, 0.15) is 0 Å². The molecule has 2 aromatic rings. The zero-order valence-corrected chi connectivity index (χ0v) is 14.9. The first kappa shape index (κ1) is 17.6. The van der Waals surface area contributed by atoms with Gasteiger partial charge in [0.15, 0.2) is 5.82 Å². The number of carbonyl (C=O) groups excluding carboxylic acids is 1. The van der Waals surface area contributed by atoms with E-state index in [9.17, 15) is 4.79 Å². The number of hydrogen-bond acceptors (Lipinski definition) is 5. The molecule has 134 valence electrons. The fraction of sp³-hybridized carbons (Fsp3) is 0.526. The molecule has 0 unspecified atom stereocenters. The monoisotopic (exact) mass is 342 g/mol. The van der Waals surface area contributed by atoms with Crippen molar-refractivity contribution in [1.29, 1.82) is 0 Å². The Hall–Kier alpha value is -2.21. The predicted molar refractivity (Wildman–Crippen MR) is 94.7 cm³/mol. The average molecular weight is 342 g/mol. The lowest BCUT2D eigenvalue weighted by Crippen LogP contribution is -2.40. The Morgan fingerprint density at radius 3 is 2.64 bits per heavy atom. The molecule has 6 heteroatoms. The van der Waals surface area contributed by atoms with Crippen LogP contribution < -0.4 is 5.32 Å². The Kier molecular flexibility index (Phi) is 5.81. The third-order valence-electron chi connectivity index (χ3n) is 4.63. The fourth-order valence-corrected chi connectivity index (χ4v) is 3.04. The standard InChI is InChI=1S/C19H26N4O2/c1-14(2)18-21-17(25-22-18)13-23-10-8-16(9-11-23)19(24)20-12-15-6-4-3-5-7-15/h3-7,14,16H,8-13H2,1-2H3,(H,20,24). The summed E-state index contributed by atoms with van der Waals surface area (Å²) in [5.74, 6) is 1.94. The van der Waals surface area contributed by atoms with Crippen LogP contribution in [0.3, 0.4) is 0 Å². The van der Waals surface area contributed by atoms with Crippen molar-refractivity contribution in [2.75, 3.05) is 13.1 Å². The summed E-state index contributed by atoms with van der Waals surface area (Å²) in [6.07, 6.45) is 1.73. The minimum absolute atomic E-state index is 0.0915. The summed E-state index contributed by atoms with van der Waals surface area (Å²) >= 11 is 0. The highest BCUT2D eigenvalue weighted by Gasteiger charge is 2.25. The van der Waals surface area contributed by atoms with E-state index < -0.39 is 0 Å². The second-order valence-corrected chi connectivity index (χ2v) is 6.95. The normalized spacial score (nSPS) is 16.3. The van der Waals surface area contributed by atoms with Crippen LogP contribution in [-0.2, 0) is 17.9 Å².